The Morgan fingerprint density at radius 1 is 0.540 bits per heavy atom. The first-order valence-electron chi connectivity index (χ1n) is 14.2. The molecule has 7 aromatic rings. The molecule has 240 valence electrons. The summed E-state index contributed by atoms with van der Waals surface area (Å²) in [7, 11) is 0. The van der Waals surface area contributed by atoms with Gasteiger partial charge in [-0.1, -0.05) is 30.3 Å². The number of halogens is 6. The second kappa shape index (κ2) is 11.2. The van der Waals surface area contributed by atoms with Crippen molar-refractivity contribution in [2.75, 3.05) is 0 Å². The van der Waals surface area contributed by atoms with E-state index >= 15 is 0 Å². The first-order valence-corrected chi connectivity index (χ1v) is 14.2. The zero-order valence-electron chi connectivity index (χ0n) is 24.7. The molecule has 0 aliphatic rings. The van der Waals surface area contributed by atoms with Gasteiger partial charge in [0.25, 0.3) is 0 Å². The second-order valence-corrected chi connectivity index (χ2v) is 10.8. The van der Waals surface area contributed by atoms with E-state index in [9.17, 15) is 47.4 Å². The van der Waals surface area contributed by atoms with Crippen LogP contribution in [-0.2, 0) is 12.4 Å². The van der Waals surface area contributed by atoms with Gasteiger partial charge in [0.05, 0.1) is 11.1 Å². The molecule has 0 saturated heterocycles. The number of oxazole rings is 2. The van der Waals surface area contributed by atoms with Crippen LogP contribution < -0.4 is 11.1 Å². The van der Waals surface area contributed by atoms with Crippen molar-refractivity contribution in [1.82, 2.24) is 9.97 Å². The van der Waals surface area contributed by atoms with Gasteiger partial charge >= 0.3 is 12.4 Å². The lowest BCUT2D eigenvalue weighted by Crippen LogP contribution is -2.04. The van der Waals surface area contributed by atoms with Gasteiger partial charge in [0.2, 0.25) is 11.1 Å². The van der Waals surface area contributed by atoms with Crippen molar-refractivity contribution in [1.29, 1.82) is 21.0 Å². The number of hydrogen-bond acceptors (Lipinski definition) is 8. The second-order valence-electron chi connectivity index (χ2n) is 10.8. The lowest BCUT2D eigenvalue weighted by molar-refractivity contribution is -0.138. The minimum atomic E-state index is -4.65. The highest BCUT2D eigenvalue weighted by atomic mass is 19.4. The van der Waals surface area contributed by atoms with Crippen molar-refractivity contribution in [2.24, 2.45) is 0 Å². The molecule has 0 saturated carbocycles. The minimum absolute atomic E-state index is 0.0356. The van der Waals surface area contributed by atoms with Crippen molar-refractivity contribution < 1.29 is 35.2 Å². The quantitative estimate of drug-likeness (QED) is 0.132. The highest BCUT2D eigenvalue weighted by Gasteiger charge is 2.32. The van der Waals surface area contributed by atoms with E-state index < -0.39 is 34.6 Å². The number of rotatable bonds is 2. The normalized spacial score (nSPS) is 11.7. The van der Waals surface area contributed by atoms with Crippen molar-refractivity contribution in [3.63, 3.8) is 0 Å². The maximum absolute atomic E-state index is 13.6. The standard InChI is InChI=1S/C36H12F6N6O2/c37-35(38,39)21-5-1-17(2-6-21)29-23-9-10-26-32(50-34(47-26)20(15-45)16-46)31(23)30(18-3-7-22(8-4-18)36(40,41)42)25-12-28-27(11-24(25)29)48-33(49-28)19(13-43)14-44/h1-12H. The lowest BCUT2D eigenvalue weighted by Gasteiger charge is -2.18. The molecule has 0 amide bonds. The number of fused-ring (bicyclic) bond motifs is 5. The fourth-order valence-corrected chi connectivity index (χ4v) is 5.83. The van der Waals surface area contributed by atoms with Crippen LogP contribution in [0.4, 0.5) is 26.3 Å². The van der Waals surface area contributed by atoms with Gasteiger partial charge in [-0.2, -0.15) is 47.4 Å². The summed E-state index contributed by atoms with van der Waals surface area (Å²) in [5.74, 6) is 0. The van der Waals surface area contributed by atoms with Gasteiger partial charge in [-0.3, -0.25) is 0 Å². The van der Waals surface area contributed by atoms with Crippen LogP contribution in [0.2, 0.25) is 0 Å². The third kappa shape index (κ3) is 5.00. The van der Waals surface area contributed by atoms with Gasteiger partial charge in [0, 0.05) is 10.9 Å². The topological polar surface area (TPSA) is 147 Å². The fraction of sp³-hybridized carbons (Fsp3) is 0.0556. The molecule has 2 aromatic heterocycles. The number of alkyl halides is 6. The van der Waals surface area contributed by atoms with E-state index in [0.717, 1.165) is 24.3 Å². The van der Waals surface area contributed by atoms with Gasteiger partial charge in [-0.05, 0) is 75.3 Å². The van der Waals surface area contributed by atoms with E-state index in [4.69, 9.17) is 8.83 Å². The van der Waals surface area contributed by atoms with E-state index in [0.29, 0.717) is 27.3 Å². The summed E-state index contributed by atoms with van der Waals surface area (Å²) in [5, 5.41) is 39.1. The largest absolute Gasteiger partial charge is 0.435 e. The Hall–Kier alpha value is -7.16. The molecule has 7 rings (SSSR count). The van der Waals surface area contributed by atoms with Crippen LogP contribution in [-0.4, -0.2) is 9.97 Å². The van der Waals surface area contributed by atoms with Crippen molar-refractivity contribution in [2.45, 2.75) is 12.4 Å². The van der Waals surface area contributed by atoms with Crippen LogP contribution in [0.1, 0.15) is 11.1 Å². The van der Waals surface area contributed by atoms with Crippen molar-refractivity contribution in [3.05, 3.63) is 95.0 Å². The molecule has 0 aliphatic heterocycles. The van der Waals surface area contributed by atoms with Gasteiger partial charge in [-0.15, -0.1) is 0 Å². The lowest BCUT2D eigenvalue weighted by atomic mass is 9.85. The first-order chi connectivity index (χ1) is 23.9. The van der Waals surface area contributed by atoms with Crippen LogP contribution in [0.3, 0.4) is 0 Å². The van der Waals surface area contributed by atoms with Gasteiger partial charge in [-0.25, -0.2) is 9.97 Å². The molecule has 8 nitrogen and oxygen atoms in total. The Labute approximate surface area is 274 Å². The van der Waals surface area contributed by atoms with Gasteiger partial charge in [0.15, 0.2) is 22.3 Å². The van der Waals surface area contributed by atoms with E-state index in [2.05, 4.69) is 9.97 Å². The summed E-state index contributed by atoms with van der Waals surface area (Å²) in [6.45, 7) is 0. The predicted octanol–water partition coefficient (Wildman–Crippen LogP) is 8.04. The highest BCUT2D eigenvalue weighted by molar-refractivity contribution is 6.27. The Bertz CT molecular complexity index is 2840. The van der Waals surface area contributed by atoms with Crippen LogP contribution in [0.25, 0.3) is 77.1 Å². The molecule has 14 heteroatoms. The number of hydrogen-bond donors (Lipinski definition) is 0. The summed E-state index contributed by atoms with van der Waals surface area (Å²) in [6, 6.07) is 21.5. The minimum Gasteiger partial charge on any atom is -0.435 e. The summed E-state index contributed by atoms with van der Waals surface area (Å²) in [4.78, 5) is 8.57. The predicted molar refractivity (Wildman–Crippen MR) is 166 cm³/mol. The average Bonchev–Trinajstić information content (AvgIpc) is 3.71. The molecule has 5 aromatic carbocycles. The number of benzene rings is 5. The smallest absolute Gasteiger partial charge is 0.416 e. The average molecular weight is 675 g/mol. The van der Waals surface area contributed by atoms with Crippen LogP contribution in [0, 0.1) is 45.3 Å². The maximum Gasteiger partial charge on any atom is 0.416 e. The van der Waals surface area contributed by atoms with E-state index in [1.54, 1.807) is 30.3 Å². The van der Waals surface area contributed by atoms with E-state index in [-0.39, 0.29) is 49.8 Å². The Morgan fingerprint density at radius 3 is 1.54 bits per heavy atom. The van der Waals surface area contributed by atoms with Crippen molar-refractivity contribution >= 4 is 54.9 Å². The summed E-state index contributed by atoms with van der Waals surface area (Å²) >= 11 is 0. The monoisotopic (exact) mass is 674 g/mol. The first kappa shape index (κ1) is 31.4. The zero-order valence-corrected chi connectivity index (χ0v) is 24.7. The molecule has 0 N–H and O–H groups in total. The molecular formula is C36H12F6N6O2. The molecule has 0 atom stereocenters. The highest BCUT2D eigenvalue weighted by Crippen LogP contribution is 2.47. The summed E-state index contributed by atoms with van der Waals surface area (Å²) in [6.07, 6.45) is -9.28. The van der Waals surface area contributed by atoms with Gasteiger partial charge in [0.1, 0.15) is 35.3 Å². The van der Waals surface area contributed by atoms with Crippen LogP contribution >= 0.6 is 0 Å². The number of nitriles is 4. The fourth-order valence-electron chi connectivity index (χ4n) is 5.83. The molecule has 0 unspecified atom stereocenters. The van der Waals surface area contributed by atoms with Crippen LogP contribution in [0.15, 0.2) is 81.6 Å². The molecule has 50 heavy (non-hydrogen) atoms. The summed E-state index contributed by atoms with van der Waals surface area (Å²) in [5.41, 5.74) is -1.67. The third-order valence-electron chi connectivity index (χ3n) is 8.02. The molecule has 0 spiro atoms. The summed E-state index contributed by atoms with van der Waals surface area (Å²) < 4.78 is 93.3. The zero-order chi connectivity index (χ0) is 35.5. The van der Waals surface area contributed by atoms with Crippen LogP contribution in [0.5, 0.6) is 0 Å². The Morgan fingerprint density at radius 2 is 1.02 bits per heavy atom. The number of nitrogens with zero attached hydrogens (tertiary/aromatic N) is 6. The van der Waals surface area contributed by atoms with E-state index in [1.807, 2.05) is 0 Å². The molecule has 0 bridgehead atoms. The molecule has 0 aliphatic carbocycles. The SMILES string of the molecule is N#CC(C#N)=c1nc2cc3c(-c4ccc(C(F)(F)F)cc4)c4ccc5nc(=C(C#N)C#N)oc5c4c(-c4ccc(C(F)(F)F)cc4)c3cc2o1. The maximum atomic E-state index is 13.6. The van der Waals surface area contributed by atoms with Crippen molar-refractivity contribution in [3.8, 4) is 46.5 Å². The molecular weight excluding hydrogens is 662 g/mol. The molecule has 2 heterocycles. The van der Waals surface area contributed by atoms with Gasteiger partial charge < -0.3 is 8.83 Å². The Balaban J connectivity index is 1.74. The third-order valence-corrected chi connectivity index (χ3v) is 8.02. The van der Waals surface area contributed by atoms with E-state index in [1.165, 1.54) is 42.5 Å². The molecule has 0 fully saturated rings. The molecule has 0 radical (unpaired) electrons. The number of aromatic nitrogens is 2. The Kier molecular flexibility index (Phi) is 7.06.